The van der Waals surface area contributed by atoms with Crippen LogP contribution in [0.15, 0.2) is 0 Å². The molecule has 0 aromatic rings. The second kappa shape index (κ2) is 48.6. The highest BCUT2D eigenvalue weighted by molar-refractivity contribution is 5.76. The number of unbranched alkanes of at least 4 members (excludes halogenated alkanes) is 37. The summed E-state index contributed by atoms with van der Waals surface area (Å²) in [6, 6.07) is -0.879. The first-order valence-electron chi connectivity index (χ1n) is 34.3. The van der Waals surface area contributed by atoms with Gasteiger partial charge in [-0.3, -0.25) is 4.79 Å². The van der Waals surface area contributed by atoms with Crippen molar-refractivity contribution in [2.75, 3.05) is 26.4 Å². The summed E-state index contributed by atoms with van der Waals surface area (Å²) in [5.74, 6) is -0.240. The quantitative estimate of drug-likeness (QED) is 0.0255. The molecule has 3 fully saturated rings. The third kappa shape index (κ3) is 31.0. The Hall–Kier alpha value is -1.21. The van der Waals surface area contributed by atoms with Gasteiger partial charge in [-0.05, 0) is 12.8 Å². The van der Waals surface area contributed by atoms with Crippen LogP contribution in [0.1, 0.15) is 277 Å². The van der Waals surface area contributed by atoms with Gasteiger partial charge in [0.25, 0.3) is 0 Å². The maximum Gasteiger partial charge on any atom is 0.220 e. The monoisotopic (exact) mass is 1210 g/mol. The average molecular weight is 1210 g/mol. The maximum absolute atomic E-state index is 13.3. The molecule has 12 N–H and O–H groups in total. The van der Waals surface area contributed by atoms with Gasteiger partial charge in [-0.25, -0.2) is 0 Å². The molecule has 0 aromatic carbocycles. The highest BCUT2D eigenvalue weighted by Crippen LogP contribution is 2.33. The van der Waals surface area contributed by atoms with E-state index in [1.807, 2.05) is 0 Å². The van der Waals surface area contributed by atoms with Crippen molar-refractivity contribution in [2.45, 2.75) is 381 Å². The smallest absolute Gasteiger partial charge is 0.220 e. The predicted octanol–water partition coefficient (Wildman–Crippen LogP) is 8.33. The van der Waals surface area contributed by atoms with E-state index in [0.29, 0.717) is 12.8 Å². The van der Waals surface area contributed by atoms with Crippen LogP contribution >= 0.6 is 0 Å². The van der Waals surface area contributed by atoms with Crippen molar-refractivity contribution in [1.82, 2.24) is 5.32 Å². The molecule has 3 rings (SSSR count). The highest BCUT2D eigenvalue weighted by atomic mass is 16.8. The number of carbonyl (C=O) groups excluding carboxylic acids is 1. The number of hydrogen-bond acceptors (Lipinski definition) is 18. The second-order valence-corrected chi connectivity index (χ2v) is 25.0. The number of rotatable bonds is 53. The molecule has 0 radical (unpaired) electrons. The molecule has 0 saturated carbocycles. The summed E-state index contributed by atoms with van der Waals surface area (Å²) in [7, 11) is 0. The lowest BCUT2D eigenvalue weighted by Crippen LogP contribution is -2.66. The molecular formula is C65H125NO18. The number of nitrogens with one attached hydrogen (secondary N) is 1. The van der Waals surface area contributed by atoms with E-state index in [2.05, 4.69) is 19.2 Å². The van der Waals surface area contributed by atoms with Gasteiger partial charge in [0.2, 0.25) is 5.91 Å². The molecule has 17 unspecified atom stereocenters. The first-order chi connectivity index (χ1) is 40.8. The molecule has 0 aromatic heterocycles. The van der Waals surface area contributed by atoms with Gasteiger partial charge >= 0.3 is 0 Å². The van der Waals surface area contributed by atoms with Crippen molar-refractivity contribution in [3.8, 4) is 0 Å². The minimum atomic E-state index is -1.97. The van der Waals surface area contributed by atoms with Gasteiger partial charge in [0.1, 0.15) is 73.2 Å². The molecule has 498 valence electrons. The zero-order chi connectivity index (χ0) is 61.2. The Labute approximate surface area is 506 Å². The Morgan fingerprint density at radius 2 is 0.679 bits per heavy atom. The van der Waals surface area contributed by atoms with Gasteiger partial charge in [0.15, 0.2) is 18.9 Å². The van der Waals surface area contributed by atoms with E-state index < -0.39 is 124 Å². The summed E-state index contributed by atoms with van der Waals surface area (Å²) in [6.45, 7) is 1.78. The topological polar surface area (TPSA) is 307 Å². The molecular weight excluding hydrogens is 1080 g/mol. The van der Waals surface area contributed by atoms with E-state index >= 15 is 0 Å². The van der Waals surface area contributed by atoms with Crippen molar-refractivity contribution in [3.05, 3.63) is 0 Å². The fraction of sp³-hybridized carbons (Fsp3) is 0.985. The number of amides is 1. The van der Waals surface area contributed by atoms with Crippen LogP contribution in [0, 0.1) is 0 Å². The largest absolute Gasteiger partial charge is 0.394 e. The normalized spacial score (nSPS) is 29.1. The number of aliphatic hydroxyl groups is 11. The molecule has 84 heavy (non-hydrogen) atoms. The van der Waals surface area contributed by atoms with E-state index in [1.54, 1.807) is 0 Å². The van der Waals surface area contributed by atoms with Gasteiger partial charge in [-0.2, -0.15) is 0 Å². The zero-order valence-electron chi connectivity index (χ0n) is 52.4. The Kier molecular flexibility index (Phi) is 44.6. The van der Waals surface area contributed by atoms with Crippen LogP contribution in [0.2, 0.25) is 0 Å². The van der Waals surface area contributed by atoms with Crippen LogP contribution in [0.4, 0.5) is 0 Å². The molecule has 0 spiro atoms. The number of ether oxygens (including phenoxy) is 6. The summed E-state index contributed by atoms with van der Waals surface area (Å²) in [5, 5.41) is 120. The number of hydrogen-bond donors (Lipinski definition) is 12. The lowest BCUT2D eigenvalue weighted by Gasteiger charge is -2.48. The van der Waals surface area contributed by atoms with Crippen molar-refractivity contribution >= 4 is 5.91 Å². The molecule has 1 amide bonds. The van der Waals surface area contributed by atoms with Crippen molar-refractivity contribution in [2.24, 2.45) is 0 Å². The Balaban J connectivity index is 1.31. The fourth-order valence-electron chi connectivity index (χ4n) is 12.1. The predicted molar refractivity (Wildman–Crippen MR) is 324 cm³/mol. The lowest BCUT2D eigenvalue weighted by molar-refractivity contribution is -0.379. The Morgan fingerprint density at radius 1 is 0.381 bits per heavy atom. The minimum absolute atomic E-state index is 0.240. The second-order valence-electron chi connectivity index (χ2n) is 25.0. The maximum atomic E-state index is 13.3. The third-order valence-corrected chi connectivity index (χ3v) is 17.7. The van der Waals surface area contributed by atoms with Gasteiger partial charge < -0.3 is 89.9 Å². The van der Waals surface area contributed by atoms with Crippen molar-refractivity contribution in [1.29, 1.82) is 0 Å². The van der Waals surface area contributed by atoms with Gasteiger partial charge in [0, 0.05) is 6.42 Å². The standard InChI is InChI=1S/C65H125NO18/c1-3-5-7-9-11-13-14-15-16-17-18-19-20-21-22-23-24-25-26-27-28-29-30-31-32-33-34-35-37-39-41-43-53(71)66-48(49(70)42-40-38-36-12-10-8-6-4-2)47-79-63-59(77)56(74)61(51(45-68)81-63)84-65-60(78)57(75)62(52(46-69)82-65)83-64-58(76)55(73)54(72)50(44-67)80-64/h48-52,54-65,67-70,72-78H,3-47H2,1-2H3,(H,66,71). The van der Waals surface area contributed by atoms with E-state index in [0.717, 1.165) is 44.9 Å². The molecule has 3 aliphatic rings. The summed E-state index contributed by atoms with van der Waals surface area (Å²) in [5.41, 5.74) is 0. The molecule has 3 aliphatic heterocycles. The molecule has 17 atom stereocenters. The molecule has 0 bridgehead atoms. The first kappa shape index (κ1) is 77.0. The first-order valence-corrected chi connectivity index (χ1v) is 34.3. The van der Waals surface area contributed by atoms with Crippen LogP contribution in [-0.2, 0) is 33.2 Å². The fourth-order valence-corrected chi connectivity index (χ4v) is 12.1. The van der Waals surface area contributed by atoms with E-state index in [-0.39, 0.29) is 18.9 Å². The molecule has 3 heterocycles. The summed E-state index contributed by atoms with van der Waals surface area (Å²) in [6.07, 6.45) is 23.9. The van der Waals surface area contributed by atoms with Crippen molar-refractivity contribution < 1.29 is 89.4 Å². The Bertz CT molecular complexity index is 1540. The summed E-state index contributed by atoms with van der Waals surface area (Å²) < 4.78 is 34.3. The molecule has 19 heteroatoms. The van der Waals surface area contributed by atoms with E-state index in [9.17, 15) is 61.0 Å². The lowest BCUT2D eigenvalue weighted by atomic mass is 9.96. The average Bonchev–Trinajstić information content (AvgIpc) is 2.91. The molecule has 0 aliphatic carbocycles. The Morgan fingerprint density at radius 3 is 1.04 bits per heavy atom. The van der Waals surface area contributed by atoms with Crippen LogP contribution in [-0.4, -0.2) is 193 Å². The zero-order valence-corrected chi connectivity index (χ0v) is 52.4. The number of carbonyl (C=O) groups is 1. The summed E-state index contributed by atoms with van der Waals surface area (Å²) >= 11 is 0. The van der Waals surface area contributed by atoms with Crippen LogP contribution in [0.3, 0.4) is 0 Å². The molecule has 3 saturated heterocycles. The third-order valence-electron chi connectivity index (χ3n) is 17.7. The van der Waals surface area contributed by atoms with Crippen molar-refractivity contribution in [3.63, 3.8) is 0 Å². The van der Waals surface area contributed by atoms with E-state index in [1.165, 1.54) is 199 Å². The molecule has 19 nitrogen and oxygen atoms in total. The minimum Gasteiger partial charge on any atom is -0.394 e. The van der Waals surface area contributed by atoms with Crippen LogP contribution in [0.25, 0.3) is 0 Å². The highest BCUT2D eigenvalue weighted by Gasteiger charge is 2.53. The van der Waals surface area contributed by atoms with Gasteiger partial charge in [0.05, 0.1) is 38.6 Å². The van der Waals surface area contributed by atoms with Crippen LogP contribution in [0.5, 0.6) is 0 Å². The SMILES string of the molecule is CCCCCCCCCCCCCCCCCCCCCCCCCCCCCCCCCC(=O)NC(COC1OC(CO)C(OC2OC(CO)C(OC3OC(CO)C(O)C(O)C3O)C(O)C2O)C(O)C1O)C(O)CCCCCCCCCC. The van der Waals surface area contributed by atoms with Gasteiger partial charge in [-0.1, -0.05) is 258 Å². The van der Waals surface area contributed by atoms with Crippen LogP contribution < -0.4 is 5.32 Å². The summed E-state index contributed by atoms with van der Waals surface area (Å²) in [4.78, 5) is 13.3. The van der Waals surface area contributed by atoms with E-state index in [4.69, 9.17) is 28.4 Å². The van der Waals surface area contributed by atoms with Gasteiger partial charge in [-0.15, -0.1) is 0 Å². The number of aliphatic hydroxyl groups excluding tert-OH is 11.